The molecular formula is C65H101N5S3. The Bertz CT molecular complexity index is 2540. The van der Waals surface area contributed by atoms with E-state index in [1.807, 2.05) is 41.2 Å². The number of rotatable bonds is 7. The molecule has 7 aromatic rings. The van der Waals surface area contributed by atoms with Gasteiger partial charge in [-0.05, 0) is 87.6 Å². The van der Waals surface area contributed by atoms with E-state index in [-0.39, 0.29) is 37.1 Å². The number of aryl methyl sites for hydroxylation is 1. The third-order valence-corrected chi connectivity index (χ3v) is 14.4. The molecule has 2 aliphatic heterocycles. The normalized spacial score (nSPS) is 11.7. The number of benzene rings is 4. The molecule has 0 amide bonds. The van der Waals surface area contributed by atoms with Crippen molar-refractivity contribution < 1.29 is 0 Å². The third kappa shape index (κ3) is 25.8. The van der Waals surface area contributed by atoms with Gasteiger partial charge in [-0.1, -0.05) is 225 Å². The van der Waals surface area contributed by atoms with Crippen LogP contribution in [0.15, 0.2) is 147 Å². The lowest BCUT2D eigenvalue weighted by molar-refractivity contribution is 0.752. The number of thiazole rings is 3. The molecular weight excluding hydrogens is 947 g/mol. The Hall–Kier alpha value is -4.89. The highest BCUT2D eigenvalue weighted by Gasteiger charge is 2.09. The number of fused-ring (bicyclic) bond motifs is 2. The number of allylic oxidation sites excluding steroid dienone is 4. The first-order valence-electron chi connectivity index (χ1n) is 24.5. The molecule has 0 bridgehead atoms. The van der Waals surface area contributed by atoms with Gasteiger partial charge in [-0.3, -0.25) is 15.0 Å². The van der Waals surface area contributed by atoms with Crippen molar-refractivity contribution in [2.24, 2.45) is 21.8 Å². The van der Waals surface area contributed by atoms with Crippen molar-refractivity contribution in [3.8, 4) is 0 Å². The van der Waals surface area contributed by atoms with Crippen molar-refractivity contribution in [1.82, 2.24) is 15.0 Å². The maximum Gasteiger partial charge on any atom is 0.0950 e. The predicted molar refractivity (Wildman–Crippen MR) is 340 cm³/mol. The molecule has 0 fully saturated rings. The lowest BCUT2D eigenvalue weighted by Crippen LogP contribution is -1.89. The fourth-order valence-corrected chi connectivity index (χ4v) is 9.23. The molecule has 0 atom stereocenters. The SMILES string of the molecule is C.C.C.C.C.CC(C)C1=CCC=N1.CC(C)c1ccc2ccccc2c1.CC(C)c1cccc2ccccc12.CC(C)c1cncs1.CC(C)c1nccs1.CC1=C(C(C)C)N=CC1.Cc1ncsc1C(C)C. The van der Waals surface area contributed by atoms with Crippen LogP contribution in [0.1, 0.15) is 215 Å². The predicted octanol–water partition coefficient (Wildman–Crippen LogP) is 22.6. The van der Waals surface area contributed by atoms with Crippen LogP contribution in [-0.2, 0) is 0 Å². The zero-order chi connectivity index (χ0) is 50.2. The van der Waals surface area contributed by atoms with Crippen LogP contribution in [0.25, 0.3) is 21.5 Å². The van der Waals surface area contributed by atoms with Crippen LogP contribution in [0.4, 0.5) is 0 Å². The second-order valence-corrected chi connectivity index (χ2v) is 21.9. The summed E-state index contributed by atoms with van der Waals surface area (Å²) in [6.45, 7) is 34.9. The topological polar surface area (TPSA) is 63.4 Å². The molecule has 0 aliphatic carbocycles. The van der Waals surface area contributed by atoms with E-state index in [9.17, 15) is 0 Å². The molecule has 0 N–H and O–H groups in total. The second-order valence-electron chi connectivity index (χ2n) is 19.2. The standard InChI is InChI=1S/2C13H14.C8H13N.C7H11NS.C7H11N.2C6H9NS.5CH4/c1-10(2)12-9-5-7-11-6-3-4-8-13(11)12;1-10(2)12-8-7-11-5-3-4-6-13(11)9-12;1-6(2)8-7(3)4-5-9-8;1-5(2)7-6(3)8-4-9-7;1-6(2)7-4-3-5-8-7;1-5(2)6-3-7-4-8-6;1-5(2)6-7-3-4-8-6;;;;;/h2*3-10H,1-2H3;5-6H,4H2,1-3H3;4-5H,1-3H3;4-6H,3H2,1-2H3;2*3-5H,1-2H3;5*1H4. The Morgan fingerprint density at radius 3 is 1.52 bits per heavy atom. The molecule has 2 aliphatic rings. The Kier molecular flexibility index (Phi) is 38.3. The van der Waals surface area contributed by atoms with Crippen LogP contribution in [-0.4, -0.2) is 27.4 Å². The van der Waals surface area contributed by atoms with Gasteiger partial charge in [0.2, 0.25) is 0 Å². The van der Waals surface area contributed by atoms with Crippen molar-refractivity contribution >= 4 is 68.0 Å². The van der Waals surface area contributed by atoms with E-state index in [1.165, 1.54) is 70.1 Å². The number of aliphatic imine (C=N–C) groups is 2. The smallest absolute Gasteiger partial charge is 0.0950 e. The molecule has 3 aromatic heterocycles. The minimum Gasteiger partial charge on any atom is -0.265 e. The first-order valence-corrected chi connectivity index (χ1v) is 27.1. The Balaban J connectivity index is -0.000000782. The van der Waals surface area contributed by atoms with E-state index < -0.39 is 0 Å². The van der Waals surface area contributed by atoms with Gasteiger partial charge >= 0.3 is 0 Å². The van der Waals surface area contributed by atoms with Gasteiger partial charge in [-0.25, -0.2) is 9.97 Å². The van der Waals surface area contributed by atoms with Crippen molar-refractivity contribution in [1.29, 1.82) is 0 Å². The first-order chi connectivity index (χ1) is 32.4. The van der Waals surface area contributed by atoms with E-state index in [4.69, 9.17) is 0 Å². The minimum absolute atomic E-state index is 0. The Labute approximate surface area is 460 Å². The lowest BCUT2D eigenvalue weighted by atomic mass is 9.96. The molecule has 73 heavy (non-hydrogen) atoms. The molecule has 9 rings (SSSR count). The first kappa shape index (κ1) is 72.4. The number of aromatic nitrogens is 3. The van der Waals surface area contributed by atoms with Crippen molar-refractivity contribution in [3.05, 3.63) is 168 Å². The lowest BCUT2D eigenvalue weighted by Gasteiger charge is -2.08. The van der Waals surface area contributed by atoms with Crippen LogP contribution >= 0.6 is 34.0 Å². The molecule has 404 valence electrons. The maximum atomic E-state index is 4.27. The summed E-state index contributed by atoms with van der Waals surface area (Å²) in [5.74, 6) is 4.29. The molecule has 0 radical (unpaired) electrons. The highest BCUT2D eigenvalue weighted by atomic mass is 32.1. The minimum atomic E-state index is 0. The number of hydrogen-bond donors (Lipinski definition) is 0. The van der Waals surface area contributed by atoms with Gasteiger partial charge in [0.25, 0.3) is 0 Å². The van der Waals surface area contributed by atoms with Gasteiger partial charge < -0.3 is 0 Å². The van der Waals surface area contributed by atoms with Crippen LogP contribution < -0.4 is 0 Å². The van der Waals surface area contributed by atoms with E-state index >= 15 is 0 Å². The average Bonchev–Trinajstić information content (AvgIpc) is 4.18. The van der Waals surface area contributed by atoms with Crippen molar-refractivity contribution in [2.45, 2.75) is 190 Å². The van der Waals surface area contributed by atoms with Crippen molar-refractivity contribution in [3.63, 3.8) is 0 Å². The quantitative estimate of drug-likeness (QED) is 0.160. The summed E-state index contributed by atoms with van der Waals surface area (Å²) in [4.78, 5) is 23.5. The van der Waals surface area contributed by atoms with E-state index in [2.05, 4.69) is 227 Å². The molecule has 0 saturated heterocycles. The van der Waals surface area contributed by atoms with Gasteiger partial charge in [0.1, 0.15) is 0 Å². The Morgan fingerprint density at radius 1 is 0.507 bits per heavy atom. The van der Waals surface area contributed by atoms with E-state index in [0.29, 0.717) is 41.4 Å². The fraction of sp³-hybridized carbons (Fsp3) is 0.462. The van der Waals surface area contributed by atoms with Crippen LogP contribution in [0.5, 0.6) is 0 Å². The van der Waals surface area contributed by atoms with E-state index in [0.717, 1.165) is 12.8 Å². The fourth-order valence-electron chi connectivity index (χ4n) is 7.12. The van der Waals surface area contributed by atoms with Crippen molar-refractivity contribution in [2.75, 3.05) is 0 Å². The van der Waals surface area contributed by atoms with Gasteiger partial charge in [0, 0.05) is 70.1 Å². The Morgan fingerprint density at radius 2 is 1.14 bits per heavy atom. The highest BCUT2D eigenvalue weighted by molar-refractivity contribution is 7.10. The summed E-state index contributed by atoms with van der Waals surface area (Å²) >= 11 is 5.19. The molecule has 8 heteroatoms. The number of nitrogens with zero attached hydrogens (tertiary/aromatic N) is 5. The zero-order valence-corrected chi connectivity index (χ0v) is 46.6. The molecule has 0 spiro atoms. The largest absolute Gasteiger partial charge is 0.265 e. The van der Waals surface area contributed by atoms with Crippen LogP contribution in [0, 0.1) is 18.8 Å². The summed E-state index contributed by atoms with van der Waals surface area (Å²) < 4.78 is 0. The maximum absolute atomic E-state index is 4.27. The second kappa shape index (κ2) is 38.7. The molecule has 5 nitrogen and oxygen atoms in total. The summed E-state index contributed by atoms with van der Waals surface area (Å²) in [7, 11) is 0. The molecule has 0 saturated carbocycles. The third-order valence-electron chi connectivity index (χ3n) is 11.0. The van der Waals surface area contributed by atoms with Gasteiger partial charge in [0.05, 0.1) is 21.7 Å². The molecule has 0 unspecified atom stereocenters. The summed E-state index contributed by atoms with van der Waals surface area (Å²) in [5, 5.41) is 8.63. The van der Waals surface area contributed by atoms with Crippen LogP contribution in [0.2, 0.25) is 0 Å². The summed E-state index contributed by atoms with van der Waals surface area (Å²) in [6, 6.07) is 30.3. The van der Waals surface area contributed by atoms with Gasteiger partial charge in [-0.2, -0.15) is 0 Å². The van der Waals surface area contributed by atoms with Gasteiger partial charge in [-0.15, -0.1) is 34.0 Å². The van der Waals surface area contributed by atoms with Crippen LogP contribution in [0.3, 0.4) is 0 Å². The summed E-state index contributed by atoms with van der Waals surface area (Å²) in [5.41, 5.74) is 11.8. The van der Waals surface area contributed by atoms with E-state index in [1.54, 1.807) is 34.0 Å². The molecule has 4 aromatic carbocycles. The molecule has 5 heterocycles. The number of hydrogen-bond acceptors (Lipinski definition) is 8. The average molecular weight is 1050 g/mol. The zero-order valence-electron chi connectivity index (χ0n) is 44.1. The summed E-state index contributed by atoms with van der Waals surface area (Å²) in [6.07, 6.45) is 12.0. The highest BCUT2D eigenvalue weighted by Crippen LogP contribution is 2.26. The monoisotopic (exact) mass is 1050 g/mol. The van der Waals surface area contributed by atoms with Gasteiger partial charge in [0.15, 0.2) is 0 Å².